The van der Waals surface area contributed by atoms with Gasteiger partial charge in [-0.05, 0) is 54.8 Å². The number of ether oxygens (including phenoxy) is 4. The molecule has 0 radical (unpaired) electrons. The molecule has 1 atom stereocenters. The van der Waals surface area contributed by atoms with Crippen LogP contribution in [0.5, 0.6) is 23.0 Å². The molecule has 0 fully saturated rings. The second-order valence-electron chi connectivity index (χ2n) is 7.23. The summed E-state index contributed by atoms with van der Waals surface area (Å²) >= 11 is 1.50. The zero-order valence-corrected chi connectivity index (χ0v) is 19.8. The van der Waals surface area contributed by atoms with Gasteiger partial charge in [-0.2, -0.15) is 11.8 Å². The fraction of sp³-hybridized carbons (Fsp3) is 0.292. The van der Waals surface area contributed by atoms with Crippen LogP contribution in [0.1, 0.15) is 22.3 Å². The van der Waals surface area contributed by atoms with E-state index in [2.05, 4.69) is 5.32 Å². The van der Waals surface area contributed by atoms with Crippen molar-refractivity contribution in [1.82, 2.24) is 5.32 Å². The lowest BCUT2D eigenvalue weighted by Gasteiger charge is -2.14. The first-order valence-electron chi connectivity index (χ1n) is 10.3. The van der Waals surface area contributed by atoms with E-state index in [9.17, 15) is 19.5 Å². The van der Waals surface area contributed by atoms with Crippen molar-refractivity contribution < 1.29 is 38.4 Å². The number of hydrogen-bond acceptors (Lipinski definition) is 8. The molecule has 10 heteroatoms. The normalized spacial score (nSPS) is 14.2. The molecule has 0 saturated heterocycles. The minimum atomic E-state index is -1.10. The average molecular weight is 488 g/mol. The minimum absolute atomic E-state index is 0.106. The smallest absolute Gasteiger partial charge is 0.326 e. The number of amides is 1. The third kappa shape index (κ3) is 6.02. The Hall–Kier alpha value is -3.66. The number of carboxylic acid groups (broad SMARTS) is 1. The van der Waals surface area contributed by atoms with Crippen molar-refractivity contribution in [2.45, 2.75) is 12.5 Å². The van der Waals surface area contributed by atoms with E-state index in [1.807, 2.05) is 6.26 Å². The highest BCUT2D eigenvalue weighted by molar-refractivity contribution is 7.98. The number of fused-ring (bicyclic) bond motifs is 1. The number of benzene rings is 2. The number of carbonyl (C=O) groups excluding carboxylic acids is 2. The van der Waals surface area contributed by atoms with Crippen LogP contribution in [0.15, 0.2) is 42.2 Å². The standard InChI is InChI=1S/C24H25NO8S/c1-30-15-5-7-19(31-2)14(10-15)11-21-23(27)17-6-4-16(12-20(17)33-21)32-13-22(26)25-18(24(28)29)8-9-34-3/h4-7,10-12,18H,8-9,13H2,1-3H3,(H,25,26)(H,28,29)/b21-11-/t18-/m1/s1. The number of hydrogen-bond donors (Lipinski definition) is 2. The number of ketones is 1. The van der Waals surface area contributed by atoms with Gasteiger partial charge in [-0.1, -0.05) is 0 Å². The van der Waals surface area contributed by atoms with Crippen molar-refractivity contribution in [3.05, 3.63) is 53.3 Å². The molecule has 0 spiro atoms. The Kier molecular flexibility index (Phi) is 8.42. The van der Waals surface area contributed by atoms with Gasteiger partial charge in [-0.25, -0.2) is 4.79 Å². The number of Topliss-reactive ketones (excluding diaryl/α,β-unsaturated/α-hetero) is 1. The molecule has 9 nitrogen and oxygen atoms in total. The van der Waals surface area contributed by atoms with Gasteiger partial charge >= 0.3 is 5.97 Å². The molecular weight excluding hydrogens is 462 g/mol. The zero-order valence-electron chi connectivity index (χ0n) is 19.0. The first kappa shape index (κ1) is 25.0. The van der Waals surface area contributed by atoms with E-state index < -0.39 is 17.9 Å². The Balaban J connectivity index is 1.68. The van der Waals surface area contributed by atoms with Gasteiger partial charge in [0.25, 0.3) is 5.91 Å². The predicted octanol–water partition coefficient (Wildman–Crippen LogP) is 3.02. The molecule has 2 aromatic carbocycles. The van der Waals surface area contributed by atoms with E-state index in [1.165, 1.54) is 24.9 Å². The summed E-state index contributed by atoms with van der Waals surface area (Å²) in [5.74, 6) is 0.492. The molecule has 2 N–H and O–H groups in total. The van der Waals surface area contributed by atoms with E-state index in [1.54, 1.807) is 43.5 Å². The maximum Gasteiger partial charge on any atom is 0.326 e. The summed E-state index contributed by atoms with van der Waals surface area (Å²) in [7, 11) is 3.07. The Morgan fingerprint density at radius 1 is 1.15 bits per heavy atom. The maximum absolute atomic E-state index is 12.8. The molecule has 1 heterocycles. The third-order valence-electron chi connectivity index (χ3n) is 4.98. The number of carboxylic acids is 1. The zero-order chi connectivity index (χ0) is 24.7. The number of methoxy groups -OCH3 is 2. The van der Waals surface area contributed by atoms with E-state index in [4.69, 9.17) is 18.9 Å². The Morgan fingerprint density at radius 2 is 1.91 bits per heavy atom. The van der Waals surface area contributed by atoms with Crippen LogP contribution in [-0.2, 0) is 9.59 Å². The van der Waals surface area contributed by atoms with Crippen molar-refractivity contribution in [2.75, 3.05) is 32.8 Å². The summed E-state index contributed by atoms with van der Waals surface area (Å²) in [6.07, 6.45) is 3.74. The second kappa shape index (κ2) is 11.5. The highest BCUT2D eigenvalue weighted by Gasteiger charge is 2.28. The molecule has 0 bridgehead atoms. The minimum Gasteiger partial charge on any atom is -0.497 e. The topological polar surface area (TPSA) is 120 Å². The van der Waals surface area contributed by atoms with Crippen LogP contribution in [0, 0.1) is 0 Å². The molecule has 1 aliphatic rings. The lowest BCUT2D eigenvalue weighted by Crippen LogP contribution is -2.43. The van der Waals surface area contributed by atoms with Crippen LogP contribution < -0.4 is 24.3 Å². The summed E-state index contributed by atoms with van der Waals surface area (Å²) in [5.41, 5.74) is 0.966. The number of aliphatic carboxylic acids is 1. The molecule has 2 aromatic rings. The van der Waals surface area contributed by atoms with Crippen molar-refractivity contribution in [1.29, 1.82) is 0 Å². The third-order valence-corrected chi connectivity index (χ3v) is 5.62. The van der Waals surface area contributed by atoms with Crippen LogP contribution in [0.2, 0.25) is 0 Å². The average Bonchev–Trinajstić information content (AvgIpc) is 3.14. The van der Waals surface area contributed by atoms with E-state index >= 15 is 0 Å². The first-order chi connectivity index (χ1) is 16.4. The quantitative estimate of drug-likeness (QED) is 0.461. The summed E-state index contributed by atoms with van der Waals surface area (Å²) in [4.78, 5) is 36.2. The van der Waals surface area contributed by atoms with Crippen LogP contribution in [0.3, 0.4) is 0 Å². The van der Waals surface area contributed by atoms with Gasteiger partial charge in [0.2, 0.25) is 5.78 Å². The molecule has 180 valence electrons. The summed E-state index contributed by atoms with van der Waals surface area (Å²) in [5, 5.41) is 11.7. The lowest BCUT2D eigenvalue weighted by molar-refractivity contribution is -0.142. The number of allylic oxidation sites excluding steroid dienone is 1. The van der Waals surface area contributed by atoms with Gasteiger partial charge in [0, 0.05) is 11.6 Å². The highest BCUT2D eigenvalue weighted by Crippen LogP contribution is 2.36. The summed E-state index contributed by atoms with van der Waals surface area (Å²) in [6.45, 7) is -0.376. The maximum atomic E-state index is 12.8. The molecule has 1 aliphatic heterocycles. The van der Waals surface area contributed by atoms with E-state index in [-0.39, 0.29) is 18.1 Å². The van der Waals surface area contributed by atoms with E-state index in [0.29, 0.717) is 46.3 Å². The number of nitrogens with one attached hydrogen (secondary N) is 1. The molecule has 0 aliphatic carbocycles. The Labute approximate surface area is 201 Å². The van der Waals surface area contributed by atoms with Gasteiger partial charge in [-0.3, -0.25) is 9.59 Å². The second-order valence-corrected chi connectivity index (χ2v) is 8.22. The van der Waals surface area contributed by atoms with Crippen molar-refractivity contribution >= 4 is 35.5 Å². The fourth-order valence-corrected chi connectivity index (χ4v) is 3.70. The van der Waals surface area contributed by atoms with Crippen molar-refractivity contribution in [3.63, 3.8) is 0 Å². The lowest BCUT2D eigenvalue weighted by atomic mass is 10.1. The van der Waals surface area contributed by atoms with Crippen molar-refractivity contribution in [3.8, 4) is 23.0 Å². The summed E-state index contributed by atoms with van der Waals surface area (Å²) in [6, 6.07) is 8.82. The van der Waals surface area contributed by atoms with Gasteiger partial charge in [0.1, 0.15) is 29.0 Å². The largest absolute Gasteiger partial charge is 0.497 e. The Bertz CT molecular complexity index is 1110. The SMILES string of the molecule is COc1ccc(OC)c(/C=C2\Oc3cc(OCC(=O)N[C@H](CCSC)C(=O)O)ccc3C2=O)c1. The molecule has 1 amide bonds. The fourth-order valence-electron chi connectivity index (χ4n) is 3.23. The number of rotatable bonds is 11. The molecular formula is C24H25NO8S. The van der Waals surface area contributed by atoms with Crippen LogP contribution >= 0.6 is 11.8 Å². The molecule has 0 saturated carbocycles. The predicted molar refractivity (Wildman–Crippen MR) is 127 cm³/mol. The number of carbonyl (C=O) groups is 3. The van der Waals surface area contributed by atoms with Crippen LogP contribution in [-0.4, -0.2) is 61.6 Å². The Morgan fingerprint density at radius 3 is 2.59 bits per heavy atom. The monoisotopic (exact) mass is 487 g/mol. The molecule has 0 unspecified atom stereocenters. The molecule has 34 heavy (non-hydrogen) atoms. The van der Waals surface area contributed by atoms with E-state index in [0.717, 1.165) is 0 Å². The molecule has 0 aromatic heterocycles. The summed E-state index contributed by atoms with van der Waals surface area (Å²) < 4.78 is 21.8. The van der Waals surface area contributed by atoms with Gasteiger partial charge < -0.3 is 29.4 Å². The molecule has 3 rings (SSSR count). The van der Waals surface area contributed by atoms with Crippen molar-refractivity contribution in [2.24, 2.45) is 0 Å². The highest BCUT2D eigenvalue weighted by atomic mass is 32.2. The first-order valence-corrected chi connectivity index (χ1v) is 11.7. The van der Waals surface area contributed by atoms with Gasteiger partial charge in [0.05, 0.1) is 19.8 Å². The van der Waals surface area contributed by atoms with Gasteiger partial charge in [0.15, 0.2) is 12.4 Å². The van der Waals surface area contributed by atoms with Crippen LogP contribution in [0.25, 0.3) is 6.08 Å². The number of thioether (sulfide) groups is 1. The van der Waals surface area contributed by atoms with Crippen LogP contribution in [0.4, 0.5) is 0 Å². The van der Waals surface area contributed by atoms with Gasteiger partial charge in [-0.15, -0.1) is 0 Å².